The Balaban J connectivity index is 2.28. The number of hydrogen-bond donors (Lipinski definition) is 2. The minimum absolute atomic E-state index is 0.147. The number of nitro groups is 1. The third-order valence-electron chi connectivity index (χ3n) is 3.09. The molecular weight excluding hydrogens is 274 g/mol. The molecule has 2 rings (SSSR count). The standard InChI is InChI=1S/C14H15N3O4/c1-9(18)11-5-3-4-6-12(11)15-14(19)13-7-10(17(20)21)8-16(13)2/h3-9,18H,1-2H3,(H,15,19). The van der Waals surface area contributed by atoms with Crippen LogP contribution in [-0.4, -0.2) is 20.5 Å². The van der Waals surface area contributed by atoms with E-state index >= 15 is 0 Å². The number of amides is 1. The molecule has 1 aromatic heterocycles. The van der Waals surface area contributed by atoms with Gasteiger partial charge in [-0.2, -0.15) is 0 Å². The van der Waals surface area contributed by atoms with Crippen LogP contribution in [0.2, 0.25) is 0 Å². The third-order valence-corrected chi connectivity index (χ3v) is 3.09. The summed E-state index contributed by atoms with van der Waals surface area (Å²) in [5.41, 5.74) is 1.07. The first kappa shape index (κ1) is 14.7. The molecule has 1 heterocycles. The van der Waals surface area contributed by atoms with Gasteiger partial charge in [0.15, 0.2) is 0 Å². The Morgan fingerprint density at radius 3 is 2.67 bits per heavy atom. The van der Waals surface area contributed by atoms with Crippen LogP contribution in [0.25, 0.3) is 0 Å². The van der Waals surface area contributed by atoms with Crippen molar-refractivity contribution in [1.29, 1.82) is 0 Å². The molecule has 0 aliphatic carbocycles. The van der Waals surface area contributed by atoms with Gasteiger partial charge in [-0.25, -0.2) is 0 Å². The number of para-hydroxylation sites is 1. The van der Waals surface area contributed by atoms with Crippen molar-refractivity contribution in [2.24, 2.45) is 7.05 Å². The minimum Gasteiger partial charge on any atom is -0.389 e. The number of nitrogens with one attached hydrogen (secondary N) is 1. The largest absolute Gasteiger partial charge is 0.389 e. The molecule has 7 heteroatoms. The quantitative estimate of drug-likeness (QED) is 0.666. The number of hydrogen-bond acceptors (Lipinski definition) is 4. The summed E-state index contributed by atoms with van der Waals surface area (Å²) in [7, 11) is 1.56. The van der Waals surface area contributed by atoms with Crippen LogP contribution >= 0.6 is 0 Å². The maximum atomic E-state index is 12.2. The molecule has 0 saturated carbocycles. The molecule has 0 radical (unpaired) electrons. The highest BCUT2D eigenvalue weighted by molar-refractivity contribution is 6.04. The minimum atomic E-state index is -0.732. The van der Waals surface area contributed by atoms with E-state index in [-0.39, 0.29) is 11.4 Å². The molecule has 1 aromatic carbocycles. The Labute approximate surface area is 121 Å². The van der Waals surface area contributed by atoms with Crippen LogP contribution in [0.1, 0.15) is 29.1 Å². The Bertz CT molecular complexity index is 691. The number of aromatic nitrogens is 1. The van der Waals surface area contributed by atoms with Crippen molar-refractivity contribution in [1.82, 2.24) is 4.57 Å². The normalized spacial score (nSPS) is 12.0. The van der Waals surface area contributed by atoms with E-state index in [1.54, 1.807) is 38.2 Å². The number of aryl methyl sites for hydroxylation is 1. The van der Waals surface area contributed by atoms with Gasteiger partial charge in [-0.05, 0) is 13.0 Å². The maximum Gasteiger partial charge on any atom is 0.287 e. The van der Waals surface area contributed by atoms with Crippen molar-refractivity contribution in [3.05, 3.63) is 57.9 Å². The van der Waals surface area contributed by atoms with Gasteiger partial charge in [-0.3, -0.25) is 14.9 Å². The lowest BCUT2D eigenvalue weighted by Crippen LogP contribution is -2.16. The predicted octanol–water partition coefficient (Wildman–Crippen LogP) is 2.24. The molecule has 1 amide bonds. The lowest BCUT2D eigenvalue weighted by atomic mass is 10.1. The second-order valence-electron chi connectivity index (χ2n) is 4.67. The van der Waals surface area contributed by atoms with E-state index in [9.17, 15) is 20.0 Å². The fraction of sp³-hybridized carbons (Fsp3) is 0.214. The lowest BCUT2D eigenvalue weighted by molar-refractivity contribution is -0.384. The molecule has 0 aliphatic heterocycles. The highest BCUT2D eigenvalue weighted by atomic mass is 16.6. The molecule has 2 N–H and O–H groups in total. The number of anilines is 1. The topological polar surface area (TPSA) is 97.4 Å². The van der Waals surface area contributed by atoms with E-state index in [0.29, 0.717) is 11.3 Å². The molecular formula is C14H15N3O4. The summed E-state index contributed by atoms with van der Waals surface area (Å²) >= 11 is 0. The maximum absolute atomic E-state index is 12.2. The van der Waals surface area contributed by atoms with E-state index in [4.69, 9.17) is 0 Å². The predicted molar refractivity (Wildman–Crippen MR) is 77.1 cm³/mol. The fourth-order valence-corrected chi connectivity index (χ4v) is 2.03. The van der Waals surface area contributed by atoms with Crippen LogP contribution in [0.5, 0.6) is 0 Å². The van der Waals surface area contributed by atoms with Crippen LogP contribution in [0.15, 0.2) is 36.5 Å². The summed E-state index contributed by atoms with van der Waals surface area (Å²) in [6.07, 6.45) is 0.541. The smallest absolute Gasteiger partial charge is 0.287 e. The average Bonchev–Trinajstić information content (AvgIpc) is 2.81. The van der Waals surface area contributed by atoms with E-state index in [1.807, 2.05) is 0 Å². The van der Waals surface area contributed by atoms with Crippen LogP contribution < -0.4 is 5.32 Å². The molecule has 0 fully saturated rings. The molecule has 21 heavy (non-hydrogen) atoms. The summed E-state index contributed by atoms with van der Waals surface area (Å²) < 4.78 is 1.39. The van der Waals surface area contributed by atoms with Crippen molar-refractivity contribution in [2.75, 3.05) is 5.32 Å². The monoisotopic (exact) mass is 289 g/mol. The molecule has 7 nitrogen and oxygen atoms in total. The van der Waals surface area contributed by atoms with Crippen molar-refractivity contribution in [3.63, 3.8) is 0 Å². The average molecular weight is 289 g/mol. The SMILES string of the molecule is CC(O)c1ccccc1NC(=O)c1cc([N+](=O)[O-])cn1C. The number of benzene rings is 1. The highest BCUT2D eigenvalue weighted by Gasteiger charge is 2.18. The molecule has 0 bridgehead atoms. The summed E-state index contributed by atoms with van der Waals surface area (Å²) in [6.45, 7) is 1.60. The van der Waals surface area contributed by atoms with Crippen molar-refractivity contribution < 1.29 is 14.8 Å². The Kier molecular flexibility index (Phi) is 4.04. The number of aliphatic hydroxyl groups is 1. The molecule has 1 unspecified atom stereocenters. The summed E-state index contributed by atoms with van der Waals surface area (Å²) in [4.78, 5) is 22.4. The van der Waals surface area contributed by atoms with E-state index < -0.39 is 16.9 Å². The Morgan fingerprint density at radius 1 is 1.43 bits per heavy atom. The van der Waals surface area contributed by atoms with Gasteiger partial charge in [0.25, 0.3) is 11.6 Å². The van der Waals surface area contributed by atoms with Gasteiger partial charge in [0, 0.05) is 24.4 Å². The van der Waals surface area contributed by atoms with Gasteiger partial charge in [0.05, 0.1) is 17.2 Å². The molecule has 0 saturated heterocycles. The third kappa shape index (κ3) is 3.09. The second kappa shape index (κ2) is 5.76. The first-order valence-corrected chi connectivity index (χ1v) is 6.29. The van der Waals surface area contributed by atoms with Gasteiger partial charge in [-0.15, -0.1) is 0 Å². The van der Waals surface area contributed by atoms with Crippen LogP contribution in [0, 0.1) is 10.1 Å². The van der Waals surface area contributed by atoms with Crippen molar-refractivity contribution in [2.45, 2.75) is 13.0 Å². The van der Waals surface area contributed by atoms with E-state index in [1.165, 1.54) is 16.8 Å². The number of aliphatic hydroxyl groups excluding tert-OH is 1. The lowest BCUT2D eigenvalue weighted by Gasteiger charge is -2.13. The first-order chi connectivity index (χ1) is 9.90. The fourth-order valence-electron chi connectivity index (χ4n) is 2.03. The number of nitrogens with zero attached hydrogens (tertiary/aromatic N) is 2. The summed E-state index contributed by atoms with van der Waals surface area (Å²) in [5, 5.41) is 23.1. The Hall–Kier alpha value is -2.67. The van der Waals surface area contributed by atoms with Gasteiger partial charge in [-0.1, -0.05) is 18.2 Å². The molecule has 0 aliphatic rings. The van der Waals surface area contributed by atoms with Gasteiger partial charge >= 0.3 is 0 Å². The van der Waals surface area contributed by atoms with Crippen LogP contribution in [0.3, 0.4) is 0 Å². The van der Waals surface area contributed by atoms with Gasteiger partial charge < -0.3 is 15.0 Å². The van der Waals surface area contributed by atoms with Crippen molar-refractivity contribution >= 4 is 17.3 Å². The van der Waals surface area contributed by atoms with Crippen LogP contribution in [0.4, 0.5) is 11.4 Å². The molecule has 2 aromatic rings. The first-order valence-electron chi connectivity index (χ1n) is 6.29. The zero-order valence-corrected chi connectivity index (χ0v) is 11.6. The second-order valence-corrected chi connectivity index (χ2v) is 4.67. The molecule has 1 atom stereocenters. The molecule has 110 valence electrons. The number of rotatable bonds is 4. The van der Waals surface area contributed by atoms with Crippen LogP contribution in [-0.2, 0) is 7.05 Å². The number of carbonyl (C=O) groups excluding carboxylic acids is 1. The summed E-state index contributed by atoms with van der Waals surface area (Å²) in [6, 6.07) is 8.06. The number of carbonyl (C=O) groups is 1. The zero-order chi connectivity index (χ0) is 15.6. The van der Waals surface area contributed by atoms with Gasteiger partial charge in [0.2, 0.25) is 0 Å². The molecule has 0 spiro atoms. The Morgan fingerprint density at radius 2 is 2.10 bits per heavy atom. The van der Waals surface area contributed by atoms with Gasteiger partial charge in [0.1, 0.15) is 5.69 Å². The van der Waals surface area contributed by atoms with E-state index in [0.717, 1.165) is 0 Å². The van der Waals surface area contributed by atoms with Crippen molar-refractivity contribution in [3.8, 4) is 0 Å². The zero-order valence-electron chi connectivity index (χ0n) is 11.6. The summed E-state index contributed by atoms with van der Waals surface area (Å²) in [5.74, 6) is -0.473. The van der Waals surface area contributed by atoms with E-state index in [2.05, 4.69) is 5.32 Å². The highest BCUT2D eigenvalue weighted by Crippen LogP contribution is 2.23.